The van der Waals surface area contributed by atoms with E-state index < -0.39 is 35.1 Å². The van der Waals surface area contributed by atoms with Crippen LogP contribution in [0.25, 0.3) is 22.4 Å². The van der Waals surface area contributed by atoms with Crippen LogP contribution < -0.4 is 10.0 Å². The molecule has 4 heterocycles. The van der Waals surface area contributed by atoms with Gasteiger partial charge in [-0.2, -0.15) is 26.3 Å². The minimum Gasteiger partial charge on any atom is -0.498 e. The van der Waals surface area contributed by atoms with Crippen molar-refractivity contribution in [1.29, 1.82) is 0 Å². The number of anilines is 1. The van der Waals surface area contributed by atoms with Crippen LogP contribution in [0.3, 0.4) is 0 Å². The molecule has 0 saturated carbocycles. The van der Waals surface area contributed by atoms with Gasteiger partial charge in [-0.15, -0.1) is 0 Å². The maximum absolute atomic E-state index is 13.6. The Balaban J connectivity index is 1.51. The first-order valence-electron chi connectivity index (χ1n) is 14.0. The Morgan fingerprint density at radius 1 is 0.955 bits per heavy atom. The van der Waals surface area contributed by atoms with Crippen LogP contribution in [-0.4, -0.2) is 57.2 Å². The fourth-order valence-electron chi connectivity index (χ4n) is 5.78. The molecule has 0 aliphatic carbocycles. The summed E-state index contributed by atoms with van der Waals surface area (Å²) in [5, 5.41) is 12.2. The Morgan fingerprint density at radius 3 is 2.18 bits per heavy atom. The molecule has 7 nitrogen and oxygen atoms in total. The number of rotatable bonds is 4. The molecule has 2 aromatic heterocycles. The van der Waals surface area contributed by atoms with Crippen LogP contribution in [0, 0.1) is 0 Å². The van der Waals surface area contributed by atoms with Gasteiger partial charge in [-0.05, 0) is 68.7 Å². The highest BCUT2D eigenvalue weighted by Gasteiger charge is 2.44. The Morgan fingerprint density at radius 2 is 1.66 bits per heavy atom. The molecule has 0 fully saturated rings. The number of quaternary nitrogens is 1. The highest BCUT2D eigenvalue weighted by Crippen LogP contribution is 2.39. The molecule has 44 heavy (non-hydrogen) atoms. The number of aromatic amines is 1. The van der Waals surface area contributed by atoms with Crippen LogP contribution >= 0.6 is 0 Å². The van der Waals surface area contributed by atoms with Crippen LogP contribution in [0.4, 0.5) is 37.0 Å². The first-order valence-corrected chi connectivity index (χ1v) is 14.0. The van der Waals surface area contributed by atoms with Gasteiger partial charge < -0.3 is 19.8 Å². The van der Waals surface area contributed by atoms with Crippen molar-refractivity contribution < 1.29 is 40.7 Å². The number of hydrogen-bond acceptors (Lipinski definition) is 5. The van der Waals surface area contributed by atoms with E-state index in [0.717, 1.165) is 29.3 Å². The van der Waals surface area contributed by atoms with E-state index in [-0.39, 0.29) is 36.5 Å². The van der Waals surface area contributed by atoms with Gasteiger partial charge in [0, 0.05) is 31.3 Å². The number of aromatic nitrogens is 3. The van der Waals surface area contributed by atoms with Gasteiger partial charge in [-0.25, -0.2) is 9.97 Å². The topological polar surface area (TPSA) is 84.9 Å². The van der Waals surface area contributed by atoms with Gasteiger partial charge in [0.1, 0.15) is 18.2 Å². The van der Waals surface area contributed by atoms with Crippen LogP contribution in [-0.2, 0) is 12.4 Å². The highest BCUT2D eigenvalue weighted by atomic mass is 19.4. The summed E-state index contributed by atoms with van der Waals surface area (Å²) in [6.45, 7) is 6.23. The van der Waals surface area contributed by atoms with Crippen molar-refractivity contribution in [2.24, 2.45) is 0 Å². The number of imidazole rings is 1. The third kappa shape index (κ3) is 5.84. The number of H-pyrrole nitrogens is 1. The Hall–Kier alpha value is -4.13. The molecule has 0 saturated heterocycles. The molecule has 1 unspecified atom stereocenters. The number of carbonyl (C=O) groups is 1. The van der Waals surface area contributed by atoms with Gasteiger partial charge in [0.15, 0.2) is 0 Å². The molecule has 2 aliphatic rings. The fraction of sp³-hybridized carbons (Fsp3) is 0.387. The van der Waals surface area contributed by atoms with Gasteiger partial charge >= 0.3 is 12.4 Å². The van der Waals surface area contributed by atoms with Crippen molar-refractivity contribution in [3.63, 3.8) is 0 Å². The number of halogens is 6. The summed E-state index contributed by atoms with van der Waals surface area (Å²) in [5.74, 6) is 0.274. The lowest BCUT2D eigenvalue weighted by molar-refractivity contribution is -0.915. The molecule has 13 heteroatoms. The summed E-state index contributed by atoms with van der Waals surface area (Å²) >= 11 is 0. The lowest BCUT2D eigenvalue weighted by Crippen LogP contribution is -2.68. The Kier molecular flexibility index (Phi) is 7.90. The van der Waals surface area contributed by atoms with Crippen molar-refractivity contribution in [2.45, 2.75) is 51.5 Å². The van der Waals surface area contributed by atoms with E-state index >= 15 is 0 Å². The lowest BCUT2D eigenvalue weighted by Gasteiger charge is -2.49. The molecular formula is C31H31F6N5O2. The predicted molar refractivity (Wildman–Crippen MR) is 151 cm³/mol. The molecule has 3 aromatic rings. The van der Waals surface area contributed by atoms with Gasteiger partial charge in [-0.3, -0.25) is 4.48 Å². The van der Waals surface area contributed by atoms with E-state index in [2.05, 4.69) is 9.97 Å². The summed E-state index contributed by atoms with van der Waals surface area (Å²) in [5.41, 5.74) is 0.602. The molecular weight excluding hydrogens is 588 g/mol. The number of hydrogen-bond donors (Lipinski definition) is 1. The summed E-state index contributed by atoms with van der Waals surface area (Å²) in [6.07, 6.45) is -4.73. The SMILES string of the molecule is CC(C)(C)[N+]1(C(=O)[O-])CC=C(c2[nH]c(C3=CCN(c4ncccc4C(F)(F)F)CC3)nc2-c2ccc(C(F)(F)F)cc2)CC1. The predicted octanol–water partition coefficient (Wildman–Crippen LogP) is 6.55. The van der Waals surface area contributed by atoms with Crippen molar-refractivity contribution in [3.05, 3.63) is 77.4 Å². The molecule has 1 amide bonds. The summed E-state index contributed by atoms with van der Waals surface area (Å²) < 4.78 is 80.2. The summed E-state index contributed by atoms with van der Waals surface area (Å²) in [4.78, 5) is 25.8. The zero-order chi connectivity index (χ0) is 32.1. The van der Waals surface area contributed by atoms with E-state index in [0.29, 0.717) is 35.6 Å². The lowest BCUT2D eigenvalue weighted by atomic mass is 9.93. The first kappa shape index (κ1) is 31.3. The zero-order valence-corrected chi connectivity index (χ0v) is 24.3. The molecule has 0 radical (unpaired) electrons. The Labute approximate surface area is 250 Å². The normalized spacial score (nSPS) is 19.9. The third-order valence-corrected chi connectivity index (χ3v) is 8.46. The maximum atomic E-state index is 13.6. The average molecular weight is 620 g/mol. The zero-order valence-electron chi connectivity index (χ0n) is 24.3. The molecule has 0 spiro atoms. The second kappa shape index (κ2) is 11.1. The number of nitrogens with zero attached hydrogens (tertiary/aromatic N) is 4. The molecule has 1 atom stereocenters. The van der Waals surface area contributed by atoms with Crippen LogP contribution in [0.2, 0.25) is 0 Å². The number of nitrogens with one attached hydrogen (secondary N) is 1. The summed E-state index contributed by atoms with van der Waals surface area (Å²) in [6, 6.07) is 6.85. The van der Waals surface area contributed by atoms with Gasteiger partial charge in [0.05, 0.1) is 34.6 Å². The van der Waals surface area contributed by atoms with E-state index in [4.69, 9.17) is 4.98 Å². The van der Waals surface area contributed by atoms with Gasteiger partial charge in [0.2, 0.25) is 0 Å². The van der Waals surface area contributed by atoms with E-state index in [9.17, 15) is 36.2 Å². The number of alkyl halides is 6. The van der Waals surface area contributed by atoms with E-state index in [1.54, 1.807) is 12.2 Å². The maximum Gasteiger partial charge on any atom is 0.419 e. The van der Waals surface area contributed by atoms with Crippen molar-refractivity contribution >= 4 is 23.1 Å². The summed E-state index contributed by atoms with van der Waals surface area (Å²) in [7, 11) is 0. The molecule has 234 valence electrons. The first-order chi connectivity index (χ1) is 20.5. The second-order valence-corrected chi connectivity index (χ2v) is 12.0. The monoisotopic (exact) mass is 619 g/mol. The molecule has 5 rings (SSSR count). The molecule has 2 aliphatic heterocycles. The Bertz CT molecular complexity index is 1620. The highest BCUT2D eigenvalue weighted by molar-refractivity contribution is 5.80. The van der Waals surface area contributed by atoms with Gasteiger partial charge in [-0.1, -0.05) is 18.2 Å². The van der Waals surface area contributed by atoms with E-state index in [1.165, 1.54) is 29.3 Å². The molecule has 1 aromatic carbocycles. The van der Waals surface area contributed by atoms with Crippen molar-refractivity contribution in [1.82, 2.24) is 15.0 Å². The number of pyridine rings is 1. The third-order valence-electron chi connectivity index (χ3n) is 8.46. The van der Waals surface area contributed by atoms with Gasteiger partial charge in [0.25, 0.3) is 6.09 Å². The number of carbonyl (C=O) groups excluding carboxylic acids is 1. The van der Waals surface area contributed by atoms with E-state index in [1.807, 2.05) is 20.8 Å². The largest absolute Gasteiger partial charge is 0.498 e. The second-order valence-electron chi connectivity index (χ2n) is 12.0. The standard InChI is InChI=1S/C31H31F6N5O2/c1-29(2,3)42(28(43)44)17-12-20(13-18-42)25-24(19-6-8-22(9-7-19)30(32,33)34)39-26(40-25)21-10-15-41(16-11-21)27-23(31(35,36)37)5-4-14-38-27/h4-10,12,14H,11,13,15-18H2,1-3H3,(H-,39,40,43,44). The quantitative estimate of drug-likeness (QED) is 0.265. The fourth-order valence-corrected chi connectivity index (χ4v) is 5.78. The molecule has 1 N–H and O–H groups in total. The van der Waals surface area contributed by atoms with Crippen LogP contribution in [0.15, 0.2) is 54.7 Å². The number of benzene rings is 1. The van der Waals surface area contributed by atoms with Crippen molar-refractivity contribution in [3.8, 4) is 11.3 Å². The number of amides is 1. The van der Waals surface area contributed by atoms with Crippen LogP contribution in [0.1, 0.15) is 56.3 Å². The average Bonchev–Trinajstić information content (AvgIpc) is 3.41. The minimum atomic E-state index is -4.56. The molecule has 0 bridgehead atoms. The minimum absolute atomic E-state index is 0.140. The van der Waals surface area contributed by atoms with Crippen LogP contribution in [0.5, 0.6) is 0 Å². The number of carboxylic acid groups (broad SMARTS) is 1. The van der Waals surface area contributed by atoms with Crippen molar-refractivity contribution in [2.75, 3.05) is 31.1 Å². The smallest absolute Gasteiger partial charge is 0.419 e.